The number of nitrogens with zero attached hydrogens (tertiary/aromatic N) is 3. The third-order valence-electron chi connectivity index (χ3n) is 5.47. The molecule has 1 aliphatic heterocycles. The predicted octanol–water partition coefficient (Wildman–Crippen LogP) is 4.03. The van der Waals surface area contributed by atoms with Crippen LogP contribution in [0.3, 0.4) is 0 Å². The number of aromatic nitrogens is 2. The van der Waals surface area contributed by atoms with Gasteiger partial charge in [-0.15, -0.1) is 12.4 Å². The molecule has 0 aliphatic carbocycles. The van der Waals surface area contributed by atoms with Gasteiger partial charge in [-0.05, 0) is 49.6 Å². The quantitative estimate of drug-likeness (QED) is 0.597. The highest BCUT2D eigenvalue weighted by atomic mass is 35.5. The number of imidazole rings is 1. The van der Waals surface area contributed by atoms with Crippen molar-refractivity contribution in [2.45, 2.75) is 31.2 Å². The largest absolute Gasteiger partial charge is 0.327 e. The normalized spacial score (nSPS) is 15.4. The van der Waals surface area contributed by atoms with Crippen molar-refractivity contribution >= 4 is 33.5 Å². The lowest BCUT2D eigenvalue weighted by molar-refractivity contribution is 0.477. The van der Waals surface area contributed by atoms with Crippen molar-refractivity contribution in [2.75, 3.05) is 19.6 Å². The molecule has 166 valence electrons. The summed E-state index contributed by atoms with van der Waals surface area (Å²) < 4.78 is 43.4. The first kappa shape index (κ1) is 23.4. The molecular weight excluding hydrogens is 439 g/mol. The lowest BCUT2D eigenvalue weighted by Crippen LogP contribution is -2.27. The van der Waals surface area contributed by atoms with Gasteiger partial charge >= 0.3 is 0 Å². The third kappa shape index (κ3) is 4.52. The summed E-state index contributed by atoms with van der Waals surface area (Å²) in [5.41, 5.74) is 8.50. The Morgan fingerprint density at radius 3 is 2.61 bits per heavy atom. The summed E-state index contributed by atoms with van der Waals surface area (Å²) in [6, 6.07) is 12.6. The van der Waals surface area contributed by atoms with Crippen LogP contribution in [0.1, 0.15) is 18.7 Å². The summed E-state index contributed by atoms with van der Waals surface area (Å²) >= 11 is 0. The van der Waals surface area contributed by atoms with Crippen LogP contribution in [0.5, 0.6) is 0 Å². The minimum Gasteiger partial charge on any atom is -0.327 e. The molecule has 1 aromatic heterocycles. The smallest absolute Gasteiger partial charge is 0.243 e. The summed E-state index contributed by atoms with van der Waals surface area (Å²) in [7, 11) is -3.51. The molecular formula is C22H26ClFN4O2S. The molecule has 6 nitrogen and oxygen atoms in total. The van der Waals surface area contributed by atoms with E-state index in [9.17, 15) is 12.8 Å². The number of hydrogen-bond acceptors (Lipinski definition) is 4. The van der Waals surface area contributed by atoms with Crippen LogP contribution in [0.15, 0.2) is 59.3 Å². The van der Waals surface area contributed by atoms with E-state index >= 15 is 0 Å². The first-order valence-electron chi connectivity index (χ1n) is 10.0. The molecule has 1 saturated heterocycles. The molecule has 0 saturated carbocycles. The highest BCUT2D eigenvalue weighted by molar-refractivity contribution is 7.89. The molecule has 0 atom stereocenters. The van der Waals surface area contributed by atoms with Crippen molar-refractivity contribution in [3.05, 3.63) is 60.2 Å². The maximum absolute atomic E-state index is 14.1. The molecule has 1 fully saturated rings. The monoisotopic (exact) mass is 464 g/mol. The lowest BCUT2D eigenvalue weighted by atomic mass is 10.0. The Hall–Kier alpha value is -2.26. The van der Waals surface area contributed by atoms with E-state index in [-0.39, 0.29) is 36.2 Å². The summed E-state index contributed by atoms with van der Waals surface area (Å²) in [4.78, 5) is 4.93. The number of fused-ring (bicyclic) bond motifs is 1. The second-order valence-electron chi connectivity index (χ2n) is 7.44. The zero-order valence-corrected chi connectivity index (χ0v) is 18.9. The zero-order valence-electron chi connectivity index (χ0n) is 17.3. The number of benzene rings is 2. The number of halogens is 2. The highest BCUT2D eigenvalue weighted by Gasteiger charge is 2.27. The molecule has 0 bridgehead atoms. The topological polar surface area (TPSA) is 81.2 Å². The first-order valence-corrected chi connectivity index (χ1v) is 11.5. The maximum atomic E-state index is 14.1. The zero-order chi connectivity index (χ0) is 21.3. The van der Waals surface area contributed by atoms with Gasteiger partial charge in [0.05, 0.1) is 22.5 Å². The Kier molecular flexibility index (Phi) is 7.16. The molecule has 0 spiro atoms. The Bertz CT molecular complexity index is 1220. The predicted molar refractivity (Wildman–Crippen MR) is 123 cm³/mol. The molecule has 0 amide bonds. The van der Waals surface area contributed by atoms with Gasteiger partial charge in [0.15, 0.2) is 0 Å². The molecule has 4 rings (SSSR count). The second-order valence-corrected chi connectivity index (χ2v) is 9.38. The molecule has 2 aromatic carbocycles. The van der Waals surface area contributed by atoms with Crippen LogP contribution < -0.4 is 5.73 Å². The average Bonchev–Trinajstić information content (AvgIpc) is 3.38. The van der Waals surface area contributed by atoms with Crippen LogP contribution >= 0.6 is 12.4 Å². The third-order valence-corrected chi connectivity index (χ3v) is 7.36. The summed E-state index contributed by atoms with van der Waals surface area (Å²) in [6.07, 6.45) is 3.13. The summed E-state index contributed by atoms with van der Waals surface area (Å²) in [6.45, 7) is 3.16. The fourth-order valence-electron chi connectivity index (χ4n) is 3.94. The van der Waals surface area contributed by atoms with Gasteiger partial charge in [0.25, 0.3) is 0 Å². The Labute approximate surface area is 188 Å². The van der Waals surface area contributed by atoms with Crippen LogP contribution in [-0.4, -0.2) is 41.9 Å². The standard InChI is InChI=1S/C22H25FN4O2S.ClH/c1-16-25-22-20(8-5-9-21(22)27(16)15-18(23)10-11-24)17-6-4-7-19(14-17)30(28,29)26-12-2-3-13-26;/h4-10,14H,2-3,11-13,15,24H2,1H3;1H/b18-10-;. The van der Waals surface area contributed by atoms with E-state index in [0.717, 1.165) is 29.5 Å². The molecule has 0 unspecified atom stereocenters. The number of allylic oxidation sites excluding steroid dienone is 1. The SMILES string of the molecule is Cc1nc2c(-c3cccc(S(=O)(=O)N4CCCC4)c3)cccc2n1C/C(F)=C/CN.Cl. The molecule has 3 aromatic rings. The number of para-hydroxylation sites is 1. The van der Waals surface area contributed by atoms with Crippen LogP contribution in [0.2, 0.25) is 0 Å². The Balaban J connectivity index is 0.00000272. The number of hydrogen-bond donors (Lipinski definition) is 1. The fraction of sp³-hybridized carbons (Fsp3) is 0.318. The minimum atomic E-state index is -3.51. The minimum absolute atomic E-state index is 0. The van der Waals surface area contributed by atoms with Gasteiger partial charge in [-0.25, -0.2) is 17.8 Å². The molecule has 0 radical (unpaired) electrons. The van der Waals surface area contributed by atoms with E-state index in [0.29, 0.717) is 24.4 Å². The highest BCUT2D eigenvalue weighted by Crippen LogP contribution is 2.31. The molecule has 2 N–H and O–H groups in total. The van der Waals surface area contributed by atoms with Crippen molar-refractivity contribution < 1.29 is 12.8 Å². The van der Waals surface area contributed by atoms with Crippen LogP contribution in [0, 0.1) is 6.92 Å². The van der Waals surface area contributed by atoms with Gasteiger partial charge in [0.2, 0.25) is 10.0 Å². The van der Waals surface area contributed by atoms with E-state index in [1.807, 2.05) is 31.2 Å². The van der Waals surface area contributed by atoms with Crippen molar-refractivity contribution in [1.82, 2.24) is 13.9 Å². The van der Waals surface area contributed by atoms with Gasteiger partial charge in [0, 0.05) is 25.2 Å². The molecule has 9 heteroatoms. The van der Waals surface area contributed by atoms with Gasteiger partial charge in [0.1, 0.15) is 11.7 Å². The fourth-order valence-corrected chi connectivity index (χ4v) is 5.50. The van der Waals surface area contributed by atoms with E-state index in [1.54, 1.807) is 22.8 Å². The first-order chi connectivity index (χ1) is 14.4. The van der Waals surface area contributed by atoms with Crippen LogP contribution in [0.4, 0.5) is 4.39 Å². The van der Waals surface area contributed by atoms with Crippen molar-refractivity contribution in [3.63, 3.8) is 0 Å². The van der Waals surface area contributed by atoms with Crippen LogP contribution in [-0.2, 0) is 16.6 Å². The van der Waals surface area contributed by atoms with Crippen LogP contribution in [0.25, 0.3) is 22.2 Å². The van der Waals surface area contributed by atoms with Crippen molar-refractivity contribution in [2.24, 2.45) is 5.73 Å². The summed E-state index contributed by atoms with van der Waals surface area (Å²) in [5, 5.41) is 0. The van der Waals surface area contributed by atoms with E-state index in [1.165, 1.54) is 10.4 Å². The Morgan fingerprint density at radius 2 is 1.90 bits per heavy atom. The van der Waals surface area contributed by atoms with E-state index in [4.69, 9.17) is 5.73 Å². The lowest BCUT2D eigenvalue weighted by Gasteiger charge is -2.16. The van der Waals surface area contributed by atoms with Crippen molar-refractivity contribution in [1.29, 1.82) is 0 Å². The van der Waals surface area contributed by atoms with E-state index < -0.39 is 10.0 Å². The van der Waals surface area contributed by atoms with E-state index in [2.05, 4.69) is 4.98 Å². The summed E-state index contributed by atoms with van der Waals surface area (Å²) in [5.74, 6) is 0.364. The molecule has 2 heterocycles. The van der Waals surface area contributed by atoms with Gasteiger partial charge < -0.3 is 10.3 Å². The molecule has 31 heavy (non-hydrogen) atoms. The number of rotatable bonds is 6. The number of sulfonamides is 1. The van der Waals surface area contributed by atoms with Gasteiger partial charge in [-0.3, -0.25) is 0 Å². The van der Waals surface area contributed by atoms with Crippen molar-refractivity contribution in [3.8, 4) is 11.1 Å². The average molecular weight is 465 g/mol. The van der Waals surface area contributed by atoms with Gasteiger partial charge in [-0.2, -0.15) is 4.31 Å². The number of nitrogens with two attached hydrogens (primary N) is 1. The molecule has 1 aliphatic rings. The number of aryl methyl sites for hydroxylation is 1. The Morgan fingerprint density at radius 1 is 1.19 bits per heavy atom. The maximum Gasteiger partial charge on any atom is 0.243 e. The van der Waals surface area contributed by atoms with Gasteiger partial charge in [-0.1, -0.05) is 24.3 Å². The second kappa shape index (κ2) is 9.48.